The Morgan fingerprint density at radius 2 is 1.69 bits per heavy atom. The van der Waals surface area contributed by atoms with Crippen LogP contribution in [0.4, 0.5) is 0 Å². The SMILES string of the molecule is COc1ccc(CN(C)C(=O)CSCc2ccc(Cl)c(Cl)c2)cc1OC. The maximum absolute atomic E-state index is 12.3. The van der Waals surface area contributed by atoms with Crippen molar-refractivity contribution in [3.05, 3.63) is 57.6 Å². The van der Waals surface area contributed by atoms with Gasteiger partial charge >= 0.3 is 0 Å². The number of hydrogen-bond acceptors (Lipinski definition) is 4. The van der Waals surface area contributed by atoms with Crippen LogP contribution in [0.15, 0.2) is 36.4 Å². The first-order valence-corrected chi connectivity index (χ1v) is 9.82. The van der Waals surface area contributed by atoms with Crippen molar-refractivity contribution < 1.29 is 14.3 Å². The molecule has 4 nitrogen and oxygen atoms in total. The fourth-order valence-electron chi connectivity index (χ4n) is 2.34. The highest BCUT2D eigenvalue weighted by Crippen LogP contribution is 2.28. The second kappa shape index (κ2) is 9.95. The zero-order chi connectivity index (χ0) is 19.1. The minimum Gasteiger partial charge on any atom is -0.493 e. The molecule has 0 saturated carbocycles. The molecule has 0 radical (unpaired) electrons. The lowest BCUT2D eigenvalue weighted by Gasteiger charge is -2.18. The Labute approximate surface area is 168 Å². The van der Waals surface area contributed by atoms with Gasteiger partial charge < -0.3 is 14.4 Å². The highest BCUT2D eigenvalue weighted by atomic mass is 35.5. The molecule has 0 aromatic heterocycles. The van der Waals surface area contributed by atoms with Crippen LogP contribution in [0.5, 0.6) is 11.5 Å². The van der Waals surface area contributed by atoms with E-state index in [4.69, 9.17) is 32.7 Å². The smallest absolute Gasteiger partial charge is 0.232 e. The summed E-state index contributed by atoms with van der Waals surface area (Å²) in [4.78, 5) is 14.0. The topological polar surface area (TPSA) is 38.8 Å². The van der Waals surface area contributed by atoms with Gasteiger partial charge in [-0.25, -0.2) is 0 Å². The fourth-order valence-corrected chi connectivity index (χ4v) is 3.57. The molecule has 0 heterocycles. The largest absolute Gasteiger partial charge is 0.493 e. The molecule has 2 rings (SSSR count). The summed E-state index contributed by atoms with van der Waals surface area (Å²) in [5.41, 5.74) is 2.02. The van der Waals surface area contributed by atoms with Gasteiger partial charge in [0.25, 0.3) is 0 Å². The number of carbonyl (C=O) groups is 1. The van der Waals surface area contributed by atoms with E-state index in [1.807, 2.05) is 30.3 Å². The predicted octanol–water partition coefficient (Wildman–Crippen LogP) is 4.90. The van der Waals surface area contributed by atoms with Crippen LogP contribution in [0.2, 0.25) is 10.0 Å². The third kappa shape index (κ3) is 5.73. The monoisotopic (exact) mass is 413 g/mol. The van der Waals surface area contributed by atoms with Gasteiger partial charge in [-0.05, 0) is 35.4 Å². The normalized spacial score (nSPS) is 10.5. The third-order valence-electron chi connectivity index (χ3n) is 3.77. The molecular weight excluding hydrogens is 393 g/mol. The van der Waals surface area contributed by atoms with E-state index in [1.165, 1.54) is 0 Å². The summed E-state index contributed by atoms with van der Waals surface area (Å²) in [7, 11) is 4.98. The molecule has 0 aliphatic heterocycles. The number of methoxy groups -OCH3 is 2. The molecule has 2 aromatic carbocycles. The molecule has 26 heavy (non-hydrogen) atoms. The molecule has 2 aromatic rings. The molecule has 0 N–H and O–H groups in total. The number of benzene rings is 2. The van der Waals surface area contributed by atoms with E-state index in [0.717, 1.165) is 11.1 Å². The molecule has 140 valence electrons. The molecule has 7 heteroatoms. The van der Waals surface area contributed by atoms with Crippen LogP contribution in [0.3, 0.4) is 0 Å². The van der Waals surface area contributed by atoms with E-state index >= 15 is 0 Å². The summed E-state index contributed by atoms with van der Waals surface area (Å²) in [5.74, 6) is 2.48. The minimum absolute atomic E-state index is 0.0600. The van der Waals surface area contributed by atoms with E-state index in [-0.39, 0.29) is 5.91 Å². The van der Waals surface area contributed by atoms with Crippen molar-refractivity contribution in [1.82, 2.24) is 4.90 Å². The number of carbonyl (C=O) groups excluding carboxylic acids is 1. The van der Waals surface area contributed by atoms with Crippen molar-refractivity contribution in [1.29, 1.82) is 0 Å². The molecule has 0 fully saturated rings. The predicted molar refractivity (Wildman–Crippen MR) is 109 cm³/mol. The zero-order valence-corrected chi connectivity index (χ0v) is 17.2. The first-order chi connectivity index (χ1) is 12.4. The van der Waals surface area contributed by atoms with E-state index in [1.54, 1.807) is 44.0 Å². The molecule has 0 aliphatic carbocycles. The van der Waals surface area contributed by atoms with Crippen LogP contribution in [0.25, 0.3) is 0 Å². The molecular formula is C19H21Cl2NO3S. The number of rotatable bonds is 8. The Morgan fingerprint density at radius 1 is 1.00 bits per heavy atom. The van der Waals surface area contributed by atoms with Crippen molar-refractivity contribution >= 4 is 40.9 Å². The summed E-state index contributed by atoms with van der Waals surface area (Å²) in [6.45, 7) is 0.506. The van der Waals surface area contributed by atoms with Crippen LogP contribution < -0.4 is 9.47 Å². The van der Waals surface area contributed by atoms with Crippen LogP contribution in [-0.2, 0) is 17.1 Å². The van der Waals surface area contributed by atoms with Gasteiger partial charge in [-0.3, -0.25) is 4.79 Å². The molecule has 0 bridgehead atoms. The summed E-state index contributed by atoms with van der Waals surface area (Å²) in [5, 5.41) is 1.06. The zero-order valence-electron chi connectivity index (χ0n) is 14.9. The highest BCUT2D eigenvalue weighted by molar-refractivity contribution is 7.99. The molecule has 0 spiro atoms. The van der Waals surface area contributed by atoms with Crippen molar-refractivity contribution in [2.45, 2.75) is 12.3 Å². The Hall–Kier alpha value is -1.56. The summed E-state index contributed by atoms with van der Waals surface area (Å²) in [6, 6.07) is 11.2. The summed E-state index contributed by atoms with van der Waals surface area (Å²) >= 11 is 13.5. The Morgan fingerprint density at radius 3 is 2.35 bits per heavy atom. The van der Waals surface area contributed by atoms with Crippen LogP contribution in [-0.4, -0.2) is 37.8 Å². The van der Waals surface area contributed by atoms with Gasteiger partial charge in [0.2, 0.25) is 5.91 Å². The lowest BCUT2D eigenvalue weighted by molar-refractivity contribution is -0.127. The number of nitrogens with zero attached hydrogens (tertiary/aromatic N) is 1. The molecule has 0 saturated heterocycles. The van der Waals surface area contributed by atoms with Crippen molar-refractivity contribution in [3.8, 4) is 11.5 Å². The van der Waals surface area contributed by atoms with E-state index in [9.17, 15) is 4.79 Å². The average Bonchev–Trinajstić information content (AvgIpc) is 2.64. The Balaban J connectivity index is 1.86. The van der Waals surface area contributed by atoms with Gasteiger partial charge in [-0.15, -0.1) is 11.8 Å². The van der Waals surface area contributed by atoms with Gasteiger partial charge in [0.05, 0.1) is 30.0 Å². The lowest BCUT2D eigenvalue weighted by Crippen LogP contribution is -2.27. The van der Waals surface area contributed by atoms with Crippen LogP contribution in [0, 0.1) is 0 Å². The highest BCUT2D eigenvalue weighted by Gasteiger charge is 2.12. The first-order valence-electron chi connectivity index (χ1n) is 7.91. The maximum atomic E-state index is 12.3. The minimum atomic E-state index is 0.0600. The van der Waals surface area contributed by atoms with Gasteiger partial charge in [0.15, 0.2) is 11.5 Å². The molecule has 0 atom stereocenters. The van der Waals surface area contributed by atoms with Gasteiger partial charge in [0.1, 0.15) is 0 Å². The van der Waals surface area contributed by atoms with Crippen molar-refractivity contribution in [2.24, 2.45) is 0 Å². The quantitative estimate of drug-likeness (QED) is 0.616. The fraction of sp³-hybridized carbons (Fsp3) is 0.316. The maximum Gasteiger partial charge on any atom is 0.232 e. The average molecular weight is 414 g/mol. The van der Waals surface area contributed by atoms with E-state index in [0.29, 0.717) is 39.6 Å². The third-order valence-corrected chi connectivity index (χ3v) is 5.50. The van der Waals surface area contributed by atoms with Crippen molar-refractivity contribution in [3.63, 3.8) is 0 Å². The lowest BCUT2D eigenvalue weighted by atomic mass is 10.2. The van der Waals surface area contributed by atoms with Gasteiger partial charge in [-0.2, -0.15) is 0 Å². The van der Waals surface area contributed by atoms with Gasteiger partial charge in [0, 0.05) is 19.3 Å². The Kier molecular flexibility index (Phi) is 7.94. The second-order valence-electron chi connectivity index (χ2n) is 5.68. The van der Waals surface area contributed by atoms with Crippen LogP contribution >= 0.6 is 35.0 Å². The van der Waals surface area contributed by atoms with E-state index in [2.05, 4.69) is 0 Å². The molecule has 1 amide bonds. The number of ether oxygens (including phenoxy) is 2. The summed E-state index contributed by atoms with van der Waals surface area (Å²) < 4.78 is 10.5. The Bertz CT molecular complexity index is 770. The second-order valence-corrected chi connectivity index (χ2v) is 7.48. The van der Waals surface area contributed by atoms with Crippen LogP contribution in [0.1, 0.15) is 11.1 Å². The number of hydrogen-bond donors (Lipinski definition) is 0. The number of thioether (sulfide) groups is 1. The van der Waals surface area contributed by atoms with Crippen molar-refractivity contribution in [2.75, 3.05) is 27.0 Å². The van der Waals surface area contributed by atoms with E-state index < -0.39 is 0 Å². The van der Waals surface area contributed by atoms with Gasteiger partial charge in [-0.1, -0.05) is 35.3 Å². The number of halogens is 2. The summed E-state index contributed by atoms with van der Waals surface area (Å²) in [6.07, 6.45) is 0. The standard InChI is InChI=1S/C19H21Cl2NO3S/c1-22(10-13-5-7-17(24-2)18(9-13)25-3)19(23)12-26-11-14-4-6-15(20)16(21)8-14/h4-9H,10-12H2,1-3H3. The number of amides is 1. The first kappa shape index (κ1) is 20.7. The molecule has 0 aliphatic rings. The molecule has 0 unspecified atom stereocenters.